The number of nitrogens with zero attached hydrogens (tertiary/aromatic N) is 3. The molecule has 0 saturated heterocycles. The Morgan fingerprint density at radius 1 is 1.17 bits per heavy atom. The van der Waals surface area contributed by atoms with E-state index in [1.807, 2.05) is 13.8 Å². The van der Waals surface area contributed by atoms with E-state index in [-0.39, 0.29) is 41.4 Å². The molecule has 0 radical (unpaired) electrons. The van der Waals surface area contributed by atoms with Crippen molar-refractivity contribution in [1.29, 1.82) is 0 Å². The van der Waals surface area contributed by atoms with Gasteiger partial charge in [0.2, 0.25) is 0 Å². The smallest absolute Gasteiger partial charge is 0.339 e. The number of nitro groups is 1. The average Bonchev–Trinajstić information content (AvgIpc) is 2.81. The number of carbonyl (C=O) groups is 2. The maximum Gasteiger partial charge on any atom is 0.339 e. The fraction of sp³-hybridized carbons (Fsp3) is 0.478. The number of aromatic amines is 1. The highest BCUT2D eigenvalue weighted by atomic mass is 16.6. The van der Waals surface area contributed by atoms with Gasteiger partial charge in [-0.25, -0.2) is 9.59 Å². The van der Waals surface area contributed by atoms with Crippen LogP contribution >= 0.6 is 0 Å². The molecule has 0 aliphatic rings. The molecule has 2 rings (SSSR count). The van der Waals surface area contributed by atoms with Crippen LogP contribution in [-0.2, 0) is 16.1 Å². The van der Waals surface area contributed by atoms with E-state index in [0.717, 1.165) is 24.2 Å². The average molecular weight is 490 g/mol. The molecule has 2 aromatic rings. The van der Waals surface area contributed by atoms with E-state index in [4.69, 9.17) is 10.5 Å². The summed E-state index contributed by atoms with van der Waals surface area (Å²) in [6.07, 6.45) is 3.59. The zero-order valence-electron chi connectivity index (χ0n) is 20.2. The van der Waals surface area contributed by atoms with Crippen LogP contribution in [0.15, 0.2) is 27.8 Å². The third kappa shape index (κ3) is 6.55. The van der Waals surface area contributed by atoms with Crippen molar-refractivity contribution < 1.29 is 19.2 Å². The minimum Gasteiger partial charge on any atom is -0.452 e. The third-order valence-electron chi connectivity index (χ3n) is 5.55. The van der Waals surface area contributed by atoms with Crippen molar-refractivity contribution in [1.82, 2.24) is 9.55 Å². The Kier molecular flexibility index (Phi) is 9.74. The lowest BCUT2D eigenvalue weighted by atomic mass is 10.1. The minimum atomic E-state index is -0.914. The normalized spacial score (nSPS) is 10.7. The molecule has 0 atom stereocenters. The first-order chi connectivity index (χ1) is 16.6. The fourth-order valence-electron chi connectivity index (χ4n) is 3.58. The highest BCUT2D eigenvalue weighted by Gasteiger charge is 2.26. The van der Waals surface area contributed by atoms with E-state index in [1.54, 1.807) is 0 Å². The molecule has 1 aromatic carbocycles. The van der Waals surface area contributed by atoms with Crippen molar-refractivity contribution in [3.63, 3.8) is 0 Å². The summed E-state index contributed by atoms with van der Waals surface area (Å²) in [6, 6.07) is 3.97. The number of carbonyl (C=O) groups excluding carboxylic acids is 2. The molecule has 3 N–H and O–H groups in total. The summed E-state index contributed by atoms with van der Waals surface area (Å²) in [7, 11) is 0. The number of rotatable bonds is 12. The maximum absolute atomic E-state index is 13.1. The highest BCUT2D eigenvalue weighted by molar-refractivity contribution is 5.99. The molecule has 35 heavy (non-hydrogen) atoms. The quantitative estimate of drug-likeness (QED) is 0.198. The van der Waals surface area contributed by atoms with Crippen LogP contribution in [0.5, 0.6) is 0 Å². The van der Waals surface area contributed by atoms with Crippen molar-refractivity contribution in [2.75, 3.05) is 23.8 Å². The second kappa shape index (κ2) is 12.5. The molecule has 0 saturated carbocycles. The Morgan fingerprint density at radius 3 is 2.49 bits per heavy atom. The first-order valence-electron chi connectivity index (χ1n) is 11.5. The second-order valence-corrected chi connectivity index (χ2v) is 8.03. The molecule has 1 heterocycles. The van der Waals surface area contributed by atoms with Gasteiger partial charge in [0, 0.05) is 24.7 Å². The zero-order valence-corrected chi connectivity index (χ0v) is 20.2. The number of unbranched alkanes of at least 4 members (excludes halogenated alkanes) is 3. The number of esters is 1. The fourth-order valence-corrected chi connectivity index (χ4v) is 3.58. The molecule has 0 bridgehead atoms. The lowest BCUT2D eigenvalue weighted by molar-refractivity contribution is -0.385. The molecule has 1 amide bonds. The number of ether oxygens (including phenoxy) is 1. The Bertz CT molecular complexity index is 1200. The summed E-state index contributed by atoms with van der Waals surface area (Å²) in [6.45, 7) is 4.99. The predicted octanol–water partition coefficient (Wildman–Crippen LogP) is 2.52. The van der Waals surface area contributed by atoms with Gasteiger partial charge in [-0.2, -0.15) is 0 Å². The number of nitrogens with two attached hydrogens (primary N) is 1. The van der Waals surface area contributed by atoms with Crippen LogP contribution in [0, 0.1) is 17.0 Å². The van der Waals surface area contributed by atoms with Gasteiger partial charge in [-0.1, -0.05) is 39.2 Å². The number of hydrogen-bond acceptors (Lipinski definition) is 8. The first-order valence-corrected chi connectivity index (χ1v) is 11.5. The molecular formula is C23H31N5O7. The van der Waals surface area contributed by atoms with Gasteiger partial charge in [0.25, 0.3) is 17.2 Å². The number of nitro benzene ring substituents is 1. The van der Waals surface area contributed by atoms with Crippen LogP contribution in [0.2, 0.25) is 0 Å². The number of nitrogens with one attached hydrogen (secondary N) is 1. The molecule has 190 valence electrons. The Labute approximate surface area is 201 Å². The van der Waals surface area contributed by atoms with E-state index >= 15 is 0 Å². The number of H-pyrrole nitrogens is 1. The molecule has 1 aromatic heterocycles. The second-order valence-electron chi connectivity index (χ2n) is 8.03. The number of amides is 1. The van der Waals surface area contributed by atoms with Crippen LogP contribution < -0.4 is 21.9 Å². The Morgan fingerprint density at radius 2 is 1.86 bits per heavy atom. The van der Waals surface area contributed by atoms with Gasteiger partial charge < -0.3 is 15.4 Å². The molecule has 0 aliphatic carbocycles. The Balaban J connectivity index is 2.34. The monoisotopic (exact) mass is 489 g/mol. The van der Waals surface area contributed by atoms with Crippen molar-refractivity contribution >= 4 is 29.1 Å². The first kappa shape index (κ1) is 27.3. The van der Waals surface area contributed by atoms with Gasteiger partial charge in [0.1, 0.15) is 5.82 Å². The third-order valence-corrected chi connectivity index (χ3v) is 5.55. The van der Waals surface area contributed by atoms with Crippen LogP contribution in [0.25, 0.3) is 0 Å². The summed E-state index contributed by atoms with van der Waals surface area (Å²) >= 11 is 0. The summed E-state index contributed by atoms with van der Waals surface area (Å²) < 4.78 is 6.35. The number of aromatic nitrogens is 2. The standard InChI is InChI=1S/C23H31N5O7/c1-4-6-8-13-26(19-20(24)27(12-7-5-2)23(32)25-21(19)30)18(29)14-35-22(31)16-10-9-11-17(15(16)3)28(33)34/h9-11H,4-8,12-14,24H2,1-3H3,(H,25,30,32). The molecule has 12 heteroatoms. The molecule has 12 nitrogen and oxygen atoms in total. The number of hydrogen-bond donors (Lipinski definition) is 2. The Hall–Kier alpha value is -3.96. The van der Waals surface area contributed by atoms with Gasteiger partial charge in [-0.15, -0.1) is 0 Å². The lowest BCUT2D eigenvalue weighted by Crippen LogP contribution is -2.43. The maximum atomic E-state index is 13.1. The van der Waals surface area contributed by atoms with Gasteiger partial charge >= 0.3 is 11.7 Å². The molecule has 0 spiro atoms. The van der Waals surface area contributed by atoms with Crippen LogP contribution in [0.4, 0.5) is 17.2 Å². The summed E-state index contributed by atoms with van der Waals surface area (Å²) in [5, 5.41) is 11.1. The minimum absolute atomic E-state index is 0.0463. The van der Waals surface area contributed by atoms with E-state index in [0.29, 0.717) is 12.8 Å². The molecule has 0 aliphatic heterocycles. The lowest BCUT2D eigenvalue weighted by Gasteiger charge is -2.24. The van der Waals surface area contributed by atoms with Crippen LogP contribution in [-0.4, -0.2) is 39.5 Å². The van der Waals surface area contributed by atoms with E-state index < -0.39 is 34.7 Å². The van der Waals surface area contributed by atoms with Gasteiger partial charge in [0.15, 0.2) is 12.3 Å². The van der Waals surface area contributed by atoms with E-state index in [1.165, 1.54) is 29.7 Å². The molecular weight excluding hydrogens is 458 g/mol. The SMILES string of the molecule is CCCCCN(C(=O)COC(=O)c1cccc([N+](=O)[O-])c1C)c1c(N)n(CCCC)c(=O)[nH]c1=O. The summed E-state index contributed by atoms with van der Waals surface area (Å²) in [5.41, 5.74) is 4.31. The largest absolute Gasteiger partial charge is 0.452 e. The number of benzene rings is 1. The van der Waals surface area contributed by atoms with Crippen molar-refractivity contribution in [3.05, 3.63) is 60.3 Å². The molecule has 0 unspecified atom stereocenters. The summed E-state index contributed by atoms with van der Waals surface area (Å²) in [4.78, 5) is 64.4. The van der Waals surface area contributed by atoms with Crippen molar-refractivity contribution in [2.24, 2.45) is 0 Å². The summed E-state index contributed by atoms with van der Waals surface area (Å²) in [5.74, 6) is -1.77. The number of nitrogen functional groups attached to an aromatic ring is 1. The van der Waals surface area contributed by atoms with E-state index in [9.17, 15) is 29.3 Å². The van der Waals surface area contributed by atoms with Crippen LogP contribution in [0.1, 0.15) is 61.9 Å². The predicted molar refractivity (Wildman–Crippen MR) is 131 cm³/mol. The van der Waals surface area contributed by atoms with E-state index in [2.05, 4.69) is 4.98 Å². The van der Waals surface area contributed by atoms with Crippen molar-refractivity contribution in [3.8, 4) is 0 Å². The van der Waals surface area contributed by atoms with Gasteiger partial charge in [-0.05, 0) is 25.8 Å². The zero-order chi connectivity index (χ0) is 26.1. The van der Waals surface area contributed by atoms with Crippen molar-refractivity contribution in [2.45, 2.75) is 59.4 Å². The van der Waals surface area contributed by atoms with Gasteiger partial charge in [-0.3, -0.25) is 29.3 Å². The topological polar surface area (TPSA) is 171 Å². The van der Waals surface area contributed by atoms with Crippen LogP contribution in [0.3, 0.4) is 0 Å². The highest BCUT2D eigenvalue weighted by Crippen LogP contribution is 2.22. The number of anilines is 2. The van der Waals surface area contributed by atoms with Gasteiger partial charge in [0.05, 0.1) is 10.5 Å². The molecule has 0 fully saturated rings.